The molecule has 3 rings (SSSR count). The minimum absolute atomic E-state index is 0.179. The van der Waals surface area contributed by atoms with E-state index in [4.69, 9.17) is 9.57 Å². The fraction of sp³-hybridized carbons (Fsp3) is 0.562. The van der Waals surface area contributed by atoms with Gasteiger partial charge in [0.1, 0.15) is 17.1 Å². The van der Waals surface area contributed by atoms with Crippen LogP contribution in [0.4, 0.5) is 4.79 Å². The summed E-state index contributed by atoms with van der Waals surface area (Å²) in [5.74, 6) is 0.838. The van der Waals surface area contributed by atoms with Crippen LogP contribution in [0.5, 0.6) is 11.5 Å². The monoisotopic (exact) mass is 307 g/mol. The Balaban J connectivity index is 2.14. The van der Waals surface area contributed by atoms with Gasteiger partial charge in [-0.15, -0.1) is 0 Å². The smallest absolute Gasteiger partial charge is 0.432 e. The molecule has 1 aliphatic carbocycles. The lowest BCUT2D eigenvalue weighted by atomic mass is 9.72. The highest BCUT2D eigenvalue weighted by Gasteiger charge is 2.49. The molecule has 1 atom stereocenters. The zero-order valence-corrected chi connectivity index (χ0v) is 13.0. The Hall–Kier alpha value is -1.95. The fourth-order valence-corrected chi connectivity index (χ4v) is 3.59. The molecule has 1 aromatic rings. The molecule has 1 aromatic carbocycles. The zero-order chi connectivity index (χ0) is 16.1. The number of hydroxylamine groups is 2. The molecule has 6 nitrogen and oxygen atoms in total. The van der Waals surface area contributed by atoms with Crippen molar-refractivity contribution in [1.82, 2.24) is 5.06 Å². The van der Waals surface area contributed by atoms with E-state index in [9.17, 15) is 15.0 Å². The van der Waals surface area contributed by atoms with Gasteiger partial charge in [0.25, 0.3) is 0 Å². The molecule has 1 heterocycles. The zero-order valence-electron chi connectivity index (χ0n) is 13.0. The molecule has 1 spiro atoms. The van der Waals surface area contributed by atoms with E-state index < -0.39 is 12.1 Å². The van der Waals surface area contributed by atoms with Crippen LogP contribution in [0.3, 0.4) is 0 Å². The summed E-state index contributed by atoms with van der Waals surface area (Å²) < 4.78 is 6.19. The molecule has 1 amide bonds. The predicted molar refractivity (Wildman–Crippen MR) is 79.0 cm³/mol. The van der Waals surface area contributed by atoms with Crippen LogP contribution in [-0.2, 0) is 4.84 Å². The van der Waals surface area contributed by atoms with Gasteiger partial charge in [0, 0.05) is 17.5 Å². The van der Waals surface area contributed by atoms with Crippen molar-refractivity contribution in [3.63, 3.8) is 0 Å². The van der Waals surface area contributed by atoms with Crippen molar-refractivity contribution >= 4 is 6.09 Å². The van der Waals surface area contributed by atoms with E-state index in [0.717, 1.165) is 29.9 Å². The molecule has 0 aromatic heterocycles. The number of fused-ring (bicyclic) bond motifs is 1. The maximum absolute atomic E-state index is 11.5. The third-order valence-electron chi connectivity index (χ3n) is 4.90. The molecule has 0 bridgehead atoms. The average molecular weight is 307 g/mol. The minimum atomic E-state index is -1.14. The van der Waals surface area contributed by atoms with Gasteiger partial charge in [-0.2, -0.15) is 5.06 Å². The summed E-state index contributed by atoms with van der Waals surface area (Å²) in [5, 5.41) is 20.6. The second-order valence-corrected chi connectivity index (χ2v) is 6.23. The lowest BCUT2D eigenvalue weighted by Crippen LogP contribution is -2.50. The maximum Gasteiger partial charge on any atom is 0.432 e. The summed E-state index contributed by atoms with van der Waals surface area (Å²) in [7, 11) is 1.35. The van der Waals surface area contributed by atoms with Gasteiger partial charge < -0.3 is 14.9 Å². The van der Waals surface area contributed by atoms with E-state index >= 15 is 0 Å². The molecule has 120 valence electrons. The molecule has 6 heteroatoms. The van der Waals surface area contributed by atoms with Crippen LogP contribution in [-0.4, -0.2) is 34.1 Å². The highest BCUT2D eigenvalue weighted by atomic mass is 16.7. The maximum atomic E-state index is 11.5. The molecule has 22 heavy (non-hydrogen) atoms. The number of amides is 1. The number of aromatic hydroxyl groups is 1. The summed E-state index contributed by atoms with van der Waals surface area (Å²) in [5.41, 5.74) is 1.77. The van der Waals surface area contributed by atoms with E-state index in [1.54, 1.807) is 13.0 Å². The Bertz CT molecular complexity index is 623. The Kier molecular flexibility index (Phi) is 3.44. The van der Waals surface area contributed by atoms with Crippen LogP contribution >= 0.6 is 0 Å². The number of benzene rings is 1. The van der Waals surface area contributed by atoms with Gasteiger partial charge in [-0.1, -0.05) is 0 Å². The van der Waals surface area contributed by atoms with E-state index in [-0.39, 0.29) is 11.4 Å². The highest BCUT2D eigenvalue weighted by molar-refractivity contribution is 5.66. The average Bonchev–Trinajstić information content (AvgIpc) is 2.43. The molecule has 2 N–H and O–H groups in total. The number of rotatable bonds is 2. The van der Waals surface area contributed by atoms with Crippen LogP contribution in [0.25, 0.3) is 0 Å². The second kappa shape index (κ2) is 5.05. The van der Waals surface area contributed by atoms with Crippen molar-refractivity contribution in [2.75, 3.05) is 7.11 Å². The molecule has 1 saturated carbocycles. The summed E-state index contributed by atoms with van der Waals surface area (Å²) >= 11 is 0. The van der Waals surface area contributed by atoms with E-state index in [0.29, 0.717) is 23.3 Å². The van der Waals surface area contributed by atoms with Gasteiger partial charge in [0.15, 0.2) is 0 Å². The van der Waals surface area contributed by atoms with Gasteiger partial charge in [0.2, 0.25) is 0 Å². The van der Waals surface area contributed by atoms with E-state index in [1.807, 2.05) is 6.92 Å². The van der Waals surface area contributed by atoms with Crippen LogP contribution in [0, 0.1) is 13.8 Å². The Morgan fingerprint density at radius 2 is 2.14 bits per heavy atom. The summed E-state index contributed by atoms with van der Waals surface area (Å²) in [6.45, 7) is 3.60. The lowest BCUT2D eigenvalue weighted by Gasteiger charge is -2.49. The number of aryl methyl sites for hydroxylation is 1. The first-order valence-electron chi connectivity index (χ1n) is 7.47. The number of phenolic OH excluding ortho intramolecular Hbond substituents is 1. The third kappa shape index (κ3) is 2.09. The van der Waals surface area contributed by atoms with Crippen molar-refractivity contribution in [2.45, 2.75) is 51.2 Å². The number of phenols is 1. The third-order valence-corrected chi connectivity index (χ3v) is 4.90. The van der Waals surface area contributed by atoms with Crippen molar-refractivity contribution in [1.29, 1.82) is 0 Å². The van der Waals surface area contributed by atoms with Crippen LogP contribution < -0.4 is 4.74 Å². The van der Waals surface area contributed by atoms with Gasteiger partial charge in [-0.05, 0) is 44.7 Å². The molecular formula is C16H21NO5. The van der Waals surface area contributed by atoms with Crippen molar-refractivity contribution in [3.05, 3.63) is 22.8 Å². The molecule has 2 aliphatic rings. The molecule has 1 unspecified atom stereocenters. The van der Waals surface area contributed by atoms with Crippen LogP contribution in [0.1, 0.15) is 48.4 Å². The number of ether oxygens (including phenoxy) is 1. The van der Waals surface area contributed by atoms with Crippen LogP contribution in [0.15, 0.2) is 6.07 Å². The molecule has 0 radical (unpaired) electrons. The normalized spacial score (nSPS) is 21.7. The van der Waals surface area contributed by atoms with Gasteiger partial charge in [0.05, 0.1) is 13.2 Å². The Morgan fingerprint density at radius 3 is 2.64 bits per heavy atom. The number of hydrogen-bond donors (Lipinski definition) is 2. The highest BCUT2D eigenvalue weighted by Crippen LogP contribution is 2.53. The molecule has 0 saturated heterocycles. The topological polar surface area (TPSA) is 79.2 Å². The number of hydrogen-bond acceptors (Lipinski definition) is 4. The number of carboxylic acid groups (broad SMARTS) is 1. The lowest BCUT2D eigenvalue weighted by molar-refractivity contribution is -0.161. The van der Waals surface area contributed by atoms with E-state index in [1.165, 1.54) is 7.11 Å². The summed E-state index contributed by atoms with van der Waals surface area (Å²) in [6.07, 6.45) is 2.31. The van der Waals surface area contributed by atoms with Crippen molar-refractivity contribution in [3.8, 4) is 11.5 Å². The molecular weight excluding hydrogens is 286 g/mol. The summed E-state index contributed by atoms with van der Waals surface area (Å²) in [4.78, 5) is 16.6. The Morgan fingerprint density at radius 1 is 1.45 bits per heavy atom. The SMILES string of the molecule is CON(C(=O)O)C1CC2(CCC2)Oc2cc(C)c(O)c(C)c21. The fourth-order valence-electron chi connectivity index (χ4n) is 3.59. The molecule has 1 fully saturated rings. The number of nitrogens with zero attached hydrogens (tertiary/aromatic N) is 1. The molecule has 1 aliphatic heterocycles. The Labute approximate surface area is 129 Å². The first-order chi connectivity index (χ1) is 10.4. The minimum Gasteiger partial charge on any atom is -0.507 e. The predicted octanol–water partition coefficient (Wildman–Crippen LogP) is 3.30. The quantitative estimate of drug-likeness (QED) is 0.820. The number of carbonyl (C=O) groups is 1. The first-order valence-corrected chi connectivity index (χ1v) is 7.47. The van der Waals surface area contributed by atoms with Crippen LogP contribution in [0.2, 0.25) is 0 Å². The van der Waals surface area contributed by atoms with E-state index in [2.05, 4.69) is 0 Å². The van der Waals surface area contributed by atoms with Gasteiger partial charge in [-0.25, -0.2) is 4.79 Å². The van der Waals surface area contributed by atoms with Crippen molar-refractivity contribution in [2.24, 2.45) is 0 Å². The second-order valence-electron chi connectivity index (χ2n) is 6.23. The standard InChI is InChI=1S/C16H21NO5/c1-9-7-12-13(10(2)14(9)18)11(17(21-3)15(19)20)8-16(22-12)5-4-6-16/h7,11,18H,4-6,8H2,1-3H3,(H,19,20). The summed E-state index contributed by atoms with van der Waals surface area (Å²) in [6, 6.07) is 1.32. The van der Waals surface area contributed by atoms with Crippen molar-refractivity contribution < 1.29 is 24.6 Å². The van der Waals surface area contributed by atoms with Gasteiger partial charge >= 0.3 is 6.09 Å². The largest absolute Gasteiger partial charge is 0.507 e. The van der Waals surface area contributed by atoms with Gasteiger partial charge in [-0.3, -0.25) is 4.84 Å². The first kappa shape index (κ1) is 15.0.